The van der Waals surface area contributed by atoms with E-state index in [0.29, 0.717) is 17.1 Å². The molecule has 3 heterocycles. The molecular weight excluding hydrogens is 376 g/mol. The number of nitrogens with zero attached hydrogens (tertiary/aromatic N) is 3. The highest BCUT2D eigenvalue weighted by atomic mass is 16.5. The number of para-hydroxylation sites is 1. The van der Waals surface area contributed by atoms with Crippen molar-refractivity contribution in [2.45, 2.75) is 19.0 Å². The van der Waals surface area contributed by atoms with Crippen molar-refractivity contribution >= 4 is 23.4 Å². The number of hydrogen-bond donors (Lipinski definition) is 3. The van der Waals surface area contributed by atoms with Crippen molar-refractivity contribution in [2.75, 3.05) is 5.32 Å². The molecule has 0 bridgehead atoms. The van der Waals surface area contributed by atoms with Gasteiger partial charge >= 0.3 is 0 Å². The monoisotopic (exact) mass is 392 g/mol. The largest absolute Gasteiger partial charge is 0.347 e. The Morgan fingerprint density at radius 3 is 2.76 bits per heavy atom. The van der Waals surface area contributed by atoms with Crippen LogP contribution in [0.4, 0.5) is 5.69 Å². The van der Waals surface area contributed by atoms with E-state index in [-0.39, 0.29) is 18.9 Å². The minimum Gasteiger partial charge on any atom is -0.347 e. The first-order valence-corrected chi connectivity index (χ1v) is 8.80. The van der Waals surface area contributed by atoms with E-state index in [1.165, 1.54) is 0 Å². The third-order valence-electron chi connectivity index (χ3n) is 4.28. The Morgan fingerprint density at radius 1 is 1.14 bits per heavy atom. The summed E-state index contributed by atoms with van der Waals surface area (Å²) in [6, 6.07) is 9.11. The van der Waals surface area contributed by atoms with Crippen molar-refractivity contribution in [3.8, 4) is 11.4 Å². The summed E-state index contributed by atoms with van der Waals surface area (Å²) in [6.07, 6.45) is 2.99. The Bertz CT molecular complexity index is 1070. The summed E-state index contributed by atoms with van der Waals surface area (Å²) in [5.41, 5.74) is 1.49. The molecule has 1 aliphatic rings. The molecule has 4 rings (SSSR count). The van der Waals surface area contributed by atoms with Crippen LogP contribution in [0, 0.1) is 0 Å². The molecule has 146 valence electrons. The predicted octanol–water partition coefficient (Wildman–Crippen LogP) is 0.889. The molecule has 0 saturated heterocycles. The second-order valence-corrected chi connectivity index (χ2v) is 6.29. The molecule has 1 aromatic carbocycles. The number of rotatable bonds is 5. The molecule has 3 amide bonds. The summed E-state index contributed by atoms with van der Waals surface area (Å²) < 4.78 is 5.11. The van der Waals surface area contributed by atoms with Crippen LogP contribution in [0.5, 0.6) is 0 Å². The van der Waals surface area contributed by atoms with E-state index < -0.39 is 23.8 Å². The van der Waals surface area contributed by atoms with E-state index in [1.54, 1.807) is 48.8 Å². The Hall–Kier alpha value is -4.08. The fraction of sp³-hybridized carbons (Fsp3) is 0.158. The molecule has 10 nitrogen and oxygen atoms in total. The van der Waals surface area contributed by atoms with Gasteiger partial charge in [-0.25, -0.2) is 0 Å². The quantitative estimate of drug-likeness (QED) is 0.586. The molecule has 10 heteroatoms. The number of anilines is 1. The van der Waals surface area contributed by atoms with Gasteiger partial charge in [-0.05, 0) is 24.3 Å². The van der Waals surface area contributed by atoms with Gasteiger partial charge in [0.25, 0.3) is 5.91 Å². The normalized spacial score (nSPS) is 15.7. The standard InChI is InChI=1S/C19H16N6O4/c26-15(21-10-16-24-17(25-29-16)11-5-7-20-8-6-11)9-14-19(28)22-13-4-2-1-3-12(13)18(27)23-14/h1-8,14H,9-10H2,(H,21,26)(H,22,28)(H,23,27)/t14-/m0/s1. The first-order chi connectivity index (χ1) is 14.1. The summed E-state index contributed by atoms with van der Waals surface area (Å²) in [7, 11) is 0. The first kappa shape index (κ1) is 18.3. The molecule has 2 aromatic heterocycles. The van der Waals surface area contributed by atoms with Gasteiger partial charge in [0.2, 0.25) is 23.5 Å². The fourth-order valence-corrected chi connectivity index (χ4v) is 2.83. The van der Waals surface area contributed by atoms with Gasteiger partial charge in [0.1, 0.15) is 6.04 Å². The lowest BCUT2D eigenvalue weighted by Crippen LogP contribution is -2.44. The molecule has 1 atom stereocenters. The van der Waals surface area contributed by atoms with Crippen molar-refractivity contribution in [3.63, 3.8) is 0 Å². The zero-order chi connectivity index (χ0) is 20.2. The van der Waals surface area contributed by atoms with Crippen LogP contribution in [-0.2, 0) is 16.1 Å². The lowest BCUT2D eigenvalue weighted by Gasteiger charge is -2.13. The third kappa shape index (κ3) is 4.10. The van der Waals surface area contributed by atoms with Crippen LogP contribution in [0.1, 0.15) is 22.7 Å². The maximum Gasteiger partial charge on any atom is 0.254 e. The van der Waals surface area contributed by atoms with E-state index in [2.05, 4.69) is 31.1 Å². The number of nitrogens with one attached hydrogen (secondary N) is 3. The number of aromatic nitrogens is 3. The van der Waals surface area contributed by atoms with Crippen molar-refractivity contribution in [3.05, 3.63) is 60.2 Å². The zero-order valence-electron chi connectivity index (χ0n) is 15.1. The Kier molecular flexibility index (Phi) is 4.97. The molecule has 29 heavy (non-hydrogen) atoms. The smallest absolute Gasteiger partial charge is 0.254 e. The number of carbonyl (C=O) groups excluding carboxylic acids is 3. The predicted molar refractivity (Wildman–Crippen MR) is 100 cm³/mol. The maximum absolute atomic E-state index is 12.3. The van der Waals surface area contributed by atoms with Crippen LogP contribution in [0.25, 0.3) is 11.4 Å². The van der Waals surface area contributed by atoms with Gasteiger partial charge < -0.3 is 20.5 Å². The minimum absolute atomic E-state index is 0.000568. The Labute approximate surface area is 164 Å². The van der Waals surface area contributed by atoms with E-state index in [1.807, 2.05) is 0 Å². The second-order valence-electron chi connectivity index (χ2n) is 6.29. The second kappa shape index (κ2) is 7.89. The van der Waals surface area contributed by atoms with Crippen LogP contribution in [0.2, 0.25) is 0 Å². The van der Waals surface area contributed by atoms with E-state index >= 15 is 0 Å². The van der Waals surface area contributed by atoms with Crippen LogP contribution in [0.15, 0.2) is 53.3 Å². The van der Waals surface area contributed by atoms with Crippen molar-refractivity contribution in [2.24, 2.45) is 0 Å². The summed E-state index contributed by atoms with van der Waals surface area (Å²) >= 11 is 0. The van der Waals surface area contributed by atoms with Gasteiger partial charge in [0.05, 0.1) is 24.2 Å². The van der Waals surface area contributed by atoms with Gasteiger partial charge in [0, 0.05) is 18.0 Å². The molecule has 0 spiro atoms. The highest BCUT2D eigenvalue weighted by molar-refractivity contribution is 6.10. The number of amides is 3. The summed E-state index contributed by atoms with van der Waals surface area (Å²) in [5.74, 6) is -0.733. The zero-order valence-corrected chi connectivity index (χ0v) is 15.1. The van der Waals surface area contributed by atoms with Crippen LogP contribution < -0.4 is 16.0 Å². The summed E-state index contributed by atoms with van der Waals surface area (Å²) in [4.78, 5) is 45.0. The van der Waals surface area contributed by atoms with Gasteiger partial charge in [-0.1, -0.05) is 17.3 Å². The summed E-state index contributed by atoms with van der Waals surface area (Å²) in [5, 5.41) is 11.7. The topological polar surface area (TPSA) is 139 Å². The average Bonchev–Trinajstić information content (AvgIpc) is 3.17. The highest BCUT2D eigenvalue weighted by Gasteiger charge is 2.29. The molecule has 3 aromatic rings. The van der Waals surface area contributed by atoms with Gasteiger partial charge in [0.15, 0.2) is 0 Å². The van der Waals surface area contributed by atoms with Crippen LogP contribution in [-0.4, -0.2) is 38.9 Å². The molecule has 3 N–H and O–H groups in total. The number of carbonyl (C=O) groups is 3. The van der Waals surface area contributed by atoms with Crippen LogP contribution in [0.3, 0.4) is 0 Å². The molecule has 0 unspecified atom stereocenters. The average molecular weight is 392 g/mol. The number of fused-ring (bicyclic) bond motifs is 1. The van der Waals surface area contributed by atoms with Crippen molar-refractivity contribution in [1.82, 2.24) is 25.8 Å². The lowest BCUT2D eigenvalue weighted by molar-refractivity contribution is -0.125. The molecule has 0 aliphatic carbocycles. The van der Waals surface area contributed by atoms with E-state index in [9.17, 15) is 14.4 Å². The SMILES string of the molecule is O=C(C[C@@H]1NC(=O)c2ccccc2NC1=O)NCc1nc(-c2ccncc2)no1. The molecular formula is C19H16N6O4. The first-order valence-electron chi connectivity index (χ1n) is 8.80. The van der Waals surface area contributed by atoms with Gasteiger partial charge in [-0.3, -0.25) is 19.4 Å². The Balaban J connectivity index is 1.35. The lowest BCUT2D eigenvalue weighted by atomic mass is 10.1. The highest BCUT2D eigenvalue weighted by Crippen LogP contribution is 2.19. The maximum atomic E-state index is 12.3. The molecule has 0 saturated carbocycles. The number of hydrogen-bond acceptors (Lipinski definition) is 7. The fourth-order valence-electron chi connectivity index (χ4n) is 2.83. The Morgan fingerprint density at radius 2 is 1.93 bits per heavy atom. The van der Waals surface area contributed by atoms with Gasteiger partial charge in [-0.2, -0.15) is 4.98 Å². The van der Waals surface area contributed by atoms with Crippen molar-refractivity contribution < 1.29 is 18.9 Å². The van der Waals surface area contributed by atoms with E-state index in [0.717, 1.165) is 5.56 Å². The number of pyridine rings is 1. The summed E-state index contributed by atoms with van der Waals surface area (Å²) in [6.45, 7) is -0.000568. The van der Waals surface area contributed by atoms with E-state index in [4.69, 9.17) is 4.52 Å². The third-order valence-corrected chi connectivity index (χ3v) is 4.28. The minimum atomic E-state index is -0.995. The molecule has 0 fully saturated rings. The molecule has 1 aliphatic heterocycles. The van der Waals surface area contributed by atoms with Crippen molar-refractivity contribution in [1.29, 1.82) is 0 Å². The molecule has 0 radical (unpaired) electrons. The van der Waals surface area contributed by atoms with Gasteiger partial charge in [-0.15, -0.1) is 0 Å². The van der Waals surface area contributed by atoms with Crippen LogP contribution >= 0.6 is 0 Å². The number of benzene rings is 1.